The number of carbonyl (C=O) groups excluding carboxylic acids is 2. The van der Waals surface area contributed by atoms with Crippen LogP contribution in [0.3, 0.4) is 0 Å². The lowest BCUT2D eigenvalue weighted by Gasteiger charge is -2.10. The number of esters is 2. The van der Waals surface area contributed by atoms with Crippen molar-refractivity contribution in [1.82, 2.24) is 0 Å². The summed E-state index contributed by atoms with van der Waals surface area (Å²) < 4.78 is 15.5. The SMILES string of the molecule is COC(=O)c1ccc(COC(=O)C(=Cc2cccc(OC)c2)c2ccccc2)cc1. The topological polar surface area (TPSA) is 61.8 Å². The molecule has 0 N–H and O–H groups in total. The molecule has 0 saturated heterocycles. The van der Waals surface area contributed by atoms with E-state index < -0.39 is 11.9 Å². The minimum Gasteiger partial charge on any atom is -0.497 e. The van der Waals surface area contributed by atoms with Crippen LogP contribution in [0.4, 0.5) is 0 Å². The summed E-state index contributed by atoms with van der Waals surface area (Å²) in [4.78, 5) is 24.4. The molecule has 0 spiro atoms. The highest BCUT2D eigenvalue weighted by Gasteiger charge is 2.14. The van der Waals surface area contributed by atoms with Crippen LogP contribution in [0.2, 0.25) is 0 Å². The van der Waals surface area contributed by atoms with E-state index in [4.69, 9.17) is 9.47 Å². The van der Waals surface area contributed by atoms with Crippen LogP contribution in [0.1, 0.15) is 27.0 Å². The average Bonchev–Trinajstić information content (AvgIpc) is 2.81. The molecule has 152 valence electrons. The monoisotopic (exact) mass is 402 g/mol. The number of benzene rings is 3. The molecule has 3 rings (SSSR count). The van der Waals surface area contributed by atoms with Crippen molar-refractivity contribution < 1.29 is 23.8 Å². The van der Waals surface area contributed by atoms with E-state index in [-0.39, 0.29) is 6.61 Å². The van der Waals surface area contributed by atoms with Crippen molar-refractivity contribution in [3.8, 4) is 5.75 Å². The van der Waals surface area contributed by atoms with Crippen molar-refractivity contribution in [2.75, 3.05) is 14.2 Å². The molecule has 30 heavy (non-hydrogen) atoms. The Hall–Kier alpha value is -3.86. The fourth-order valence-corrected chi connectivity index (χ4v) is 2.86. The summed E-state index contributed by atoms with van der Waals surface area (Å²) in [5.41, 5.74) is 3.23. The van der Waals surface area contributed by atoms with E-state index in [2.05, 4.69) is 4.74 Å². The van der Waals surface area contributed by atoms with E-state index >= 15 is 0 Å². The Balaban J connectivity index is 1.80. The van der Waals surface area contributed by atoms with Gasteiger partial charge in [-0.25, -0.2) is 9.59 Å². The molecular weight excluding hydrogens is 380 g/mol. The van der Waals surface area contributed by atoms with Gasteiger partial charge in [-0.3, -0.25) is 0 Å². The van der Waals surface area contributed by atoms with Gasteiger partial charge >= 0.3 is 11.9 Å². The van der Waals surface area contributed by atoms with Gasteiger partial charge < -0.3 is 14.2 Å². The van der Waals surface area contributed by atoms with Gasteiger partial charge in [0.2, 0.25) is 0 Å². The lowest BCUT2D eigenvalue weighted by Crippen LogP contribution is -2.08. The smallest absolute Gasteiger partial charge is 0.339 e. The van der Waals surface area contributed by atoms with Crippen molar-refractivity contribution >= 4 is 23.6 Å². The van der Waals surface area contributed by atoms with E-state index in [0.717, 1.165) is 16.7 Å². The normalized spacial score (nSPS) is 10.9. The van der Waals surface area contributed by atoms with Crippen molar-refractivity contribution in [3.63, 3.8) is 0 Å². The van der Waals surface area contributed by atoms with Crippen LogP contribution < -0.4 is 4.74 Å². The van der Waals surface area contributed by atoms with Gasteiger partial charge in [0.1, 0.15) is 12.4 Å². The van der Waals surface area contributed by atoms with Gasteiger partial charge in [-0.05, 0) is 47.0 Å². The molecule has 0 bridgehead atoms. The highest BCUT2D eigenvalue weighted by Crippen LogP contribution is 2.23. The molecule has 0 aliphatic carbocycles. The molecule has 0 amide bonds. The quantitative estimate of drug-likeness (QED) is 0.324. The third kappa shape index (κ3) is 5.35. The maximum Gasteiger partial charge on any atom is 0.339 e. The number of hydrogen-bond donors (Lipinski definition) is 0. The van der Waals surface area contributed by atoms with Crippen LogP contribution in [-0.2, 0) is 20.9 Å². The number of methoxy groups -OCH3 is 2. The van der Waals surface area contributed by atoms with E-state index in [1.807, 2.05) is 54.6 Å². The van der Waals surface area contributed by atoms with Gasteiger partial charge in [0.25, 0.3) is 0 Å². The zero-order chi connectivity index (χ0) is 21.3. The van der Waals surface area contributed by atoms with Crippen molar-refractivity contribution in [3.05, 3.63) is 101 Å². The van der Waals surface area contributed by atoms with Gasteiger partial charge in [0.05, 0.1) is 25.4 Å². The largest absolute Gasteiger partial charge is 0.497 e. The molecule has 0 aliphatic rings. The van der Waals surface area contributed by atoms with E-state index in [1.54, 1.807) is 37.5 Å². The zero-order valence-electron chi connectivity index (χ0n) is 16.8. The van der Waals surface area contributed by atoms with Gasteiger partial charge in [-0.1, -0.05) is 54.6 Å². The van der Waals surface area contributed by atoms with Crippen LogP contribution in [0, 0.1) is 0 Å². The zero-order valence-corrected chi connectivity index (χ0v) is 16.8. The summed E-state index contributed by atoms with van der Waals surface area (Å²) in [6.07, 6.45) is 1.78. The molecule has 0 aromatic heterocycles. The number of hydrogen-bond acceptors (Lipinski definition) is 5. The molecule has 0 atom stereocenters. The van der Waals surface area contributed by atoms with Crippen molar-refractivity contribution in [1.29, 1.82) is 0 Å². The third-order valence-corrected chi connectivity index (χ3v) is 4.45. The molecule has 0 heterocycles. The summed E-state index contributed by atoms with van der Waals surface area (Å²) >= 11 is 0. The Bertz CT molecular complexity index is 1040. The number of rotatable bonds is 7. The second-order valence-corrected chi connectivity index (χ2v) is 6.47. The standard InChI is InChI=1S/C25H22O5/c1-28-22-10-6-7-19(15-22)16-23(20-8-4-3-5-9-20)25(27)30-17-18-11-13-21(14-12-18)24(26)29-2/h3-16H,17H2,1-2H3. The predicted molar refractivity (Wildman–Crippen MR) is 115 cm³/mol. The fourth-order valence-electron chi connectivity index (χ4n) is 2.86. The van der Waals surface area contributed by atoms with Crippen molar-refractivity contribution in [2.24, 2.45) is 0 Å². The van der Waals surface area contributed by atoms with Gasteiger partial charge in [-0.2, -0.15) is 0 Å². The van der Waals surface area contributed by atoms with Crippen LogP contribution in [-0.4, -0.2) is 26.2 Å². The summed E-state index contributed by atoms with van der Waals surface area (Å²) in [6, 6.07) is 23.5. The Morgan fingerprint density at radius 2 is 1.57 bits per heavy atom. The van der Waals surface area contributed by atoms with Crippen LogP contribution in [0.25, 0.3) is 11.6 Å². The van der Waals surface area contributed by atoms with E-state index in [1.165, 1.54) is 7.11 Å². The Labute approximate surface area is 175 Å². The summed E-state index contributed by atoms with van der Waals surface area (Å²) in [5.74, 6) is -0.151. The lowest BCUT2D eigenvalue weighted by molar-refractivity contribution is -0.137. The van der Waals surface area contributed by atoms with Gasteiger partial charge in [-0.15, -0.1) is 0 Å². The Kier molecular flexibility index (Phi) is 7.00. The van der Waals surface area contributed by atoms with Gasteiger partial charge in [0, 0.05) is 0 Å². The third-order valence-electron chi connectivity index (χ3n) is 4.45. The van der Waals surface area contributed by atoms with Crippen molar-refractivity contribution in [2.45, 2.75) is 6.61 Å². The maximum absolute atomic E-state index is 12.9. The van der Waals surface area contributed by atoms with Crippen LogP contribution >= 0.6 is 0 Å². The molecule has 0 unspecified atom stereocenters. The molecule has 0 aliphatic heterocycles. The molecule has 3 aromatic carbocycles. The second kappa shape index (κ2) is 10.1. The minimum atomic E-state index is -0.443. The lowest BCUT2D eigenvalue weighted by atomic mass is 10.0. The van der Waals surface area contributed by atoms with Gasteiger partial charge in [0.15, 0.2) is 0 Å². The molecule has 3 aromatic rings. The summed E-state index contributed by atoms with van der Waals surface area (Å²) in [6.45, 7) is 0.0859. The number of ether oxygens (including phenoxy) is 3. The first-order valence-electron chi connectivity index (χ1n) is 9.36. The molecule has 0 fully saturated rings. The maximum atomic E-state index is 12.9. The summed E-state index contributed by atoms with van der Waals surface area (Å²) in [7, 11) is 2.93. The van der Waals surface area contributed by atoms with E-state index in [9.17, 15) is 9.59 Å². The number of carbonyl (C=O) groups is 2. The highest BCUT2D eigenvalue weighted by atomic mass is 16.5. The second-order valence-electron chi connectivity index (χ2n) is 6.47. The first-order valence-corrected chi connectivity index (χ1v) is 9.36. The van der Waals surface area contributed by atoms with Crippen LogP contribution in [0.5, 0.6) is 5.75 Å². The minimum absolute atomic E-state index is 0.0859. The Morgan fingerprint density at radius 1 is 0.833 bits per heavy atom. The fraction of sp³-hybridized carbons (Fsp3) is 0.120. The molecule has 5 nitrogen and oxygen atoms in total. The first kappa shape index (κ1) is 20.9. The average molecular weight is 402 g/mol. The molecule has 0 radical (unpaired) electrons. The Morgan fingerprint density at radius 3 is 2.23 bits per heavy atom. The molecular formula is C25H22O5. The van der Waals surface area contributed by atoms with Crippen LogP contribution in [0.15, 0.2) is 78.9 Å². The predicted octanol–water partition coefficient (Wildman–Crippen LogP) is 4.77. The molecule has 5 heteroatoms. The van der Waals surface area contributed by atoms with E-state index in [0.29, 0.717) is 16.9 Å². The highest BCUT2D eigenvalue weighted by molar-refractivity contribution is 6.21. The molecule has 0 saturated carbocycles. The first-order chi connectivity index (χ1) is 14.6. The summed E-state index contributed by atoms with van der Waals surface area (Å²) in [5, 5.41) is 0.